The van der Waals surface area contributed by atoms with E-state index in [2.05, 4.69) is 5.32 Å². The molecular weight excluding hydrogens is 208 g/mol. The van der Waals surface area contributed by atoms with Crippen LogP contribution in [0.25, 0.3) is 0 Å². The Kier molecular flexibility index (Phi) is 3.88. The maximum atomic E-state index is 11.0. The third-order valence-corrected chi connectivity index (χ3v) is 1.76. The SMILES string of the molecule is COc1ccc(OC(C)=N)c(NC(C)=O)c1. The molecule has 0 aliphatic carbocycles. The van der Waals surface area contributed by atoms with E-state index >= 15 is 0 Å². The lowest BCUT2D eigenvalue weighted by atomic mass is 10.2. The Hall–Kier alpha value is -2.04. The molecule has 1 aromatic carbocycles. The first kappa shape index (κ1) is 12.0. The number of carbonyl (C=O) groups excluding carboxylic acids is 1. The van der Waals surface area contributed by atoms with Gasteiger partial charge in [-0.15, -0.1) is 0 Å². The summed E-state index contributed by atoms with van der Waals surface area (Å²) < 4.78 is 10.2. The van der Waals surface area contributed by atoms with Crippen molar-refractivity contribution in [1.29, 1.82) is 5.41 Å². The fourth-order valence-corrected chi connectivity index (χ4v) is 1.18. The molecule has 0 saturated carbocycles. The normalized spacial score (nSPS) is 9.44. The van der Waals surface area contributed by atoms with Crippen molar-refractivity contribution in [2.24, 2.45) is 0 Å². The maximum absolute atomic E-state index is 11.0. The molecule has 5 nitrogen and oxygen atoms in total. The summed E-state index contributed by atoms with van der Waals surface area (Å²) >= 11 is 0. The van der Waals surface area contributed by atoms with E-state index in [-0.39, 0.29) is 11.8 Å². The summed E-state index contributed by atoms with van der Waals surface area (Å²) in [5.41, 5.74) is 0.485. The predicted octanol–water partition coefficient (Wildman–Crippen LogP) is 2.03. The van der Waals surface area contributed by atoms with Crippen LogP contribution < -0.4 is 14.8 Å². The molecule has 0 unspecified atom stereocenters. The van der Waals surface area contributed by atoms with Gasteiger partial charge in [0.25, 0.3) is 0 Å². The van der Waals surface area contributed by atoms with Crippen molar-refractivity contribution in [2.45, 2.75) is 13.8 Å². The first-order valence-corrected chi connectivity index (χ1v) is 4.71. The van der Waals surface area contributed by atoms with E-state index in [1.54, 1.807) is 18.2 Å². The van der Waals surface area contributed by atoms with Gasteiger partial charge in [-0.25, -0.2) is 0 Å². The van der Waals surface area contributed by atoms with Crippen LogP contribution in [0.15, 0.2) is 18.2 Å². The minimum Gasteiger partial charge on any atom is -0.497 e. The molecular formula is C11H14N2O3. The molecule has 5 heteroatoms. The molecule has 0 aromatic heterocycles. The van der Waals surface area contributed by atoms with Gasteiger partial charge < -0.3 is 14.8 Å². The molecule has 0 aliphatic heterocycles. The summed E-state index contributed by atoms with van der Waals surface area (Å²) in [6.07, 6.45) is 0. The molecule has 0 heterocycles. The zero-order chi connectivity index (χ0) is 12.1. The van der Waals surface area contributed by atoms with Crippen molar-refractivity contribution in [3.8, 4) is 11.5 Å². The maximum Gasteiger partial charge on any atom is 0.221 e. The fraction of sp³-hybridized carbons (Fsp3) is 0.273. The molecule has 1 rings (SSSR count). The van der Waals surface area contributed by atoms with Crippen molar-refractivity contribution in [2.75, 3.05) is 12.4 Å². The van der Waals surface area contributed by atoms with Gasteiger partial charge in [0.2, 0.25) is 5.91 Å². The van der Waals surface area contributed by atoms with Crippen LogP contribution in [-0.4, -0.2) is 18.9 Å². The van der Waals surface area contributed by atoms with Crippen molar-refractivity contribution in [1.82, 2.24) is 0 Å². The van der Waals surface area contributed by atoms with Crippen LogP contribution in [0.5, 0.6) is 11.5 Å². The molecule has 1 amide bonds. The zero-order valence-corrected chi connectivity index (χ0v) is 9.46. The Morgan fingerprint density at radius 1 is 1.38 bits per heavy atom. The number of nitrogens with one attached hydrogen (secondary N) is 2. The van der Waals surface area contributed by atoms with Crippen LogP contribution in [0.2, 0.25) is 0 Å². The van der Waals surface area contributed by atoms with Gasteiger partial charge in [0.15, 0.2) is 11.6 Å². The van der Waals surface area contributed by atoms with Crippen molar-refractivity contribution < 1.29 is 14.3 Å². The average Bonchev–Trinajstić information content (AvgIpc) is 2.19. The minimum absolute atomic E-state index is 0.0526. The molecule has 0 spiro atoms. The highest BCUT2D eigenvalue weighted by atomic mass is 16.5. The van der Waals surface area contributed by atoms with E-state index in [1.165, 1.54) is 21.0 Å². The quantitative estimate of drug-likeness (QED) is 0.607. The predicted molar refractivity (Wildman–Crippen MR) is 61.3 cm³/mol. The van der Waals surface area contributed by atoms with Gasteiger partial charge in [0, 0.05) is 19.9 Å². The summed E-state index contributed by atoms with van der Waals surface area (Å²) in [7, 11) is 1.54. The molecule has 0 bridgehead atoms. The van der Waals surface area contributed by atoms with Gasteiger partial charge in [0.05, 0.1) is 12.8 Å². The minimum atomic E-state index is -0.208. The van der Waals surface area contributed by atoms with E-state index in [9.17, 15) is 4.79 Å². The van der Waals surface area contributed by atoms with Gasteiger partial charge in [0.1, 0.15) is 5.75 Å². The highest BCUT2D eigenvalue weighted by Gasteiger charge is 2.08. The second-order valence-electron chi connectivity index (χ2n) is 3.20. The van der Waals surface area contributed by atoms with Crippen LogP contribution in [-0.2, 0) is 4.79 Å². The van der Waals surface area contributed by atoms with Gasteiger partial charge in [-0.05, 0) is 12.1 Å². The Balaban J connectivity index is 3.05. The number of carbonyl (C=O) groups is 1. The first-order valence-electron chi connectivity index (χ1n) is 4.71. The largest absolute Gasteiger partial charge is 0.497 e. The third-order valence-electron chi connectivity index (χ3n) is 1.76. The van der Waals surface area contributed by atoms with E-state index in [0.29, 0.717) is 17.2 Å². The lowest BCUT2D eigenvalue weighted by molar-refractivity contribution is -0.114. The summed E-state index contributed by atoms with van der Waals surface area (Å²) in [5.74, 6) is 0.875. The number of rotatable bonds is 3. The Bertz CT molecular complexity index is 416. The van der Waals surface area contributed by atoms with Crippen molar-refractivity contribution in [3.63, 3.8) is 0 Å². The van der Waals surface area contributed by atoms with Gasteiger partial charge in [-0.2, -0.15) is 0 Å². The molecule has 86 valence electrons. The van der Waals surface area contributed by atoms with Crippen molar-refractivity contribution in [3.05, 3.63) is 18.2 Å². The van der Waals surface area contributed by atoms with Crippen LogP contribution in [0.1, 0.15) is 13.8 Å². The standard InChI is InChI=1S/C11H14N2O3/c1-7(12)16-11-5-4-9(15-3)6-10(11)13-8(2)14/h4-6,12H,1-3H3,(H,13,14). The first-order chi connectivity index (χ1) is 7.52. The summed E-state index contributed by atoms with van der Waals surface area (Å²) in [5, 5.41) is 9.86. The summed E-state index contributed by atoms with van der Waals surface area (Å²) in [6, 6.07) is 4.98. The molecule has 0 saturated heterocycles. The van der Waals surface area contributed by atoms with Crippen LogP contribution in [0, 0.1) is 5.41 Å². The third kappa shape index (κ3) is 3.27. The zero-order valence-electron chi connectivity index (χ0n) is 9.46. The Morgan fingerprint density at radius 3 is 2.56 bits per heavy atom. The number of anilines is 1. The second-order valence-corrected chi connectivity index (χ2v) is 3.20. The fourth-order valence-electron chi connectivity index (χ4n) is 1.18. The number of benzene rings is 1. The second kappa shape index (κ2) is 5.16. The molecule has 2 N–H and O–H groups in total. The van der Waals surface area contributed by atoms with Crippen molar-refractivity contribution >= 4 is 17.5 Å². The lowest BCUT2D eigenvalue weighted by Gasteiger charge is -2.11. The Morgan fingerprint density at radius 2 is 2.06 bits per heavy atom. The van der Waals surface area contributed by atoms with E-state index in [1.807, 2.05) is 0 Å². The monoisotopic (exact) mass is 222 g/mol. The van der Waals surface area contributed by atoms with E-state index < -0.39 is 0 Å². The Labute approximate surface area is 93.9 Å². The van der Waals surface area contributed by atoms with Gasteiger partial charge >= 0.3 is 0 Å². The van der Waals surface area contributed by atoms with Crippen LogP contribution >= 0.6 is 0 Å². The highest BCUT2D eigenvalue weighted by molar-refractivity contribution is 5.91. The molecule has 0 fully saturated rings. The number of methoxy groups -OCH3 is 1. The highest BCUT2D eigenvalue weighted by Crippen LogP contribution is 2.29. The van der Waals surface area contributed by atoms with Gasteiger partial charge in [-0.3, -0.25) is 10.2 Å². The molecule has 1 aromatic rings. The summed E-state index contributed by atoms with van der Waals surface area (Å²) in [6.45, 7) is 2.92. The molecule has 0 radical (unpaired) electrons. The smallest absolute Gasteiger partial charge is 0.221 e. The summed E-state index contributed by atoms with van der Waals surface area (Å²) in [4.78, 5) is 11.0. The molecule has 0 aliphatic rings. The lowest BCUT2D eigenvalue weighted by Crippen LogP contribution is -2.09. The van der Waals surface area contributed by atoms with E-state index in [4.69, 9.17) is 14.9 Å². The number of ether oxygens (including phenoxy) is 2. The van der Waals surface area contributed by atoms with Crippen LogP contribution in [0.4, 0.5) is 5.69 Å². The topological polar surface area (TPSA) is 71.4 Å². The number of amides is 1. The molecule has 16 heavy (non-hydrogen) atoms. The van der Waals surface area contributed by atoms with Crippen LogP contribution in [0.3, 0.4) is 0 Å². The number of hydrogen-bond acceptors (Lipinski definition) is 4. The average molecular weight is 222 g/mol. The van der Waals surface area contributed by atoms with E-state index in [0.717, 1.165) is 0 Å². The number of hydrogen-bond donors (Lipinski definition) is 2. The van der Waals surface area contributed by atoms with Gasteiger partial charge in [-0.1, -0.05) is 0 Å². The molecule has 0 atom stereocenters.